The van der Waals surface area contributed by atoms with Crippen LogP contribution in [0.5, 0.6) is 0 Å². The van der Waals surface area contributed by atoms with Crippen LogP contribution in [0, 0.1) is 0 Å². The lowest BCUT2D eigenvalue weighted by molar-refractivity contribution is 0.242. The van der Waals surface area contributed by atoms with Gasteiger partial charge in [0.05, 0.1) is 0 Å². The number of hydrogen-bond acceptors (Lipinski definition) is 2. The first-order valence-corrected chi connectivity index (χ1v) is 11.0. The molecule has 0 aliphatic heterocycles. The molecule has 0 amide bonds. The van der Waals surface area contributed by atoms with Crippen LogP contribution >= 0.6 is 11.6 Å². The van der Waals surface area contributed by atoms with E-state index in [0.29, 0.717) is 6.61 Å². The molecule has 0 spiro atoms. The van der Waals surface area contributed by atoms with Gasteiger partial charge in [0.25, 0.3) is 0 Å². The first kappa shape index (κ1) is 17.0. The molecule has 1 unspecified atom stereocenters. The van der Waals surface area contributed by atoms with Gasteiger partial charge in [0, 0.05) is 23.1 Å². The molecule has 1 aliphatic carbocycles. The minimum absolute atomic E-state index is 0.0871. The fraction of sp³-hybridized carbons (Fsp3) is 0.647. The first-order valence-electron chi connectivity index (χ1n) is 7.73. The quantitative estimate of drug-likeness (QED) is 0.778. The second-order valence-corrected chi connectivity index (χ2v) is 13.2. The molecule has 0 saturated heterocycles. The molecule has 1 saturated carbocycles. The van der Waals surface area contributed by atoms with E-state index < -0.39 is 8.32 Å². The van der Waals surface area contributed by atoms with E-state index in [1.807, 2.05) is 12.1 Å². The van der Waals surface area contributed by atoms with Crippen LogP contribution < -0.4 is 5.73 Å². The number of hydrogen-bond donors (Lipinski definition) is 1. The maximum atomic E-state index is 6.50. The van der Waals surface area contributed by atoms with Gasteiger partial charge in [0.1, 0.15) is 0 Å². The third-order valence-corrected chi connectivity index (χ3v) is 9.96. The Hall–Kier alpha value is -0.353. The van der Waals surface area contributed by atoms with Gasteiger partial charge in [-0.2, -0.15) is 0 Å². The normalized spacial score (nSPS) is 19.4. The average molecular weight is 326 g/mol. The maximum Gasteiger partial charge on any atom is 0.192 e. The summed E-state index contributed by atoms with van der Waals surface area (Å²) < 4.78 is 6.43. The van der Waals surface area contributed by atoms with Crippen LogP contribution in [0.25, 0.3) is 0 Å². The van der Waals surface area contributed by atoms with Gasteiger partial charge in [-0.1, -0.05) is 44.5 Å². The first-order chi connectivity index (χ1) is 9.55. The second-order valence-electron chi connectivity index (χ2n) is 7.91. The van der Waals surface area contributed by atoms with Crippen LogP contribution in [0.4, 0.5) is 0 Å². The highest BCUT2D eigenvalue weighted by Gasteiger charge is 2.47. The van der Waals surface area contributed by atoms with Gasteiger partial charge >= 0.3 is 0 Å². The molecule has 2 nitrogen and oxygen atoms in total. The summed E-state index contributed by atoms with van der Waals surface area (Å²) in [6.45, 7) is 12.1. The summed E-state index contributed by atoms with van der Waals surface area (Å²) in [7, 11) is -1.74. The van der Waals surface area contributed by atoms with Crippen LogP contribution in [0.15, 0.2) is 24.3 Å². The van der Waals surface area contributed by atoms with Crippen LogP contribution in [-0.2, 0) is 4.43 Å². The van der Waals surface area contributed by atoms with Crippen molar-refractivity contribution in [1.82, 2.24) is 0 Å². The van der Waals surface area contributed by atoms with Crippen molar-refractivity contribution < 1.29 is 4.43 Å². The number of benzene rings is 1. The Morgan fingerprint density at radius 2 is 1.76 bits per heavy atom. The molecule has 2 N–H and O–H groups in total. The van der Waals surface area contributed by atoms with Crippen molar-refractivity contribution in [2.24, 2.45) is 5.73 Å². The molecule has 4 heteroatoms. The predicted molar refractivity (Wildman–Crippen MR) is 93.5 cm³/mol. The predicted octanol–water partition coefficient (Wildman–Crippen LogP) is 4.94. The molecular weight excluding hydrogens is 298 g/mol. The Bertz CT molecular complexity index is 489. The molecule has 1 atom stereocenters. The standard InChI is InChI=1S/C17H28ClNOSi/c1-16(2,3)21(4,5)20-12-15(17(19)10-11-17)13-6-8-14(18)9-7-13/h6-9,15H,10-12,19H2,1-5H3. The zero-order valence-electron chi connectivity index (χ0n) is 13.9. The Labute approximate surface area is 135 Å². The minimum atomic E-state index is -1.74. The van der Waals surface area contributed by atoms with Crippen molar-refractivity contribution in [3.63, 3.8) is 0 Å². The highest BCUT2D eigenvalue weighted by Crippen LogP contribution is 2.46. The summed E-state index contributed by atoms with van der Waals surface area (Å²) in [5.41, 5.74) is 7.66. The Morgan fingerprint density at radius 3 is 2.19 bits per heavy atom. The summed E-state index contributed by atoms with van der Waals surface area (Å²) in [5.74, 6) is 0.267. The lowest BCUT2D eigenvalue weighted by Gasteiger charge is -2.38. The zero-order chi connectivity index (χ0) is 15.9. The van der Waals surface area contributed by atoms with E-state index >= 15 is 0 Å². The summed E-state index contributed by atoms with van der Waals surface area (Å²) >= 11 is 6.00. The largest absolute Gasteiger partial charge is 0.416 e. The Kier molecular flexibility index (Phi) is 4.61. The average Bonchev–Trinajstić information content (AvgIpc) is 3.09. The monoisotopic (exact) mass is 325 g/mol. The molecule has 0 aromatic heterocycles. The fourth-order valence-corrected chi connectivity index (χ4v) is 3.43. The van der Waals surface area contributed by atoms with Gasteiger partial charge < -0.3 is 10.2 Å². The topological polar surface area (TPSA) is 35.2 Å². The summed E-state index contributed by atoms with van der Waals surface area (Å²) in [6.07, 6.45) is 2.17. The fourth-order valence-electron chi connectivity index (χ4n) is 2.29. The van der Waals surface area contributed by atoms with Gasteiger partial charge in [-0.15, -0.1) is 0 Å². The van der Waals surface area contributed by atoms with Gasteiger partial charge in [0.15, 0.2) is 8.32 Å². The van der Waals surface area contributed by atoms with Crippen LogP contribution in [0.3, 0.4) is 0 Å². The van der Waals surface area contributed by atoms with Crippen molar-refractivity contribution in [3.05, 3.63) is 34.9 Å². The molecule has 118 valence electrons. The van der Waals surface area contributed by atoms with Crippen LogP contribution in [0.2, 0.25) is 23.2 Å². The Morgan fingerprint density at radius 1 is 1.24 bits per heavy atom. The van der Waals surface area contributed by atoms with Crippen LogP contribution in [-0.4, -0.2) is 20.5 Å². The third-order valence-electron chi connectivity index (χ3n) is 5.21. The van der Waals surface area contributed by atoms with Crippen molar-refractivity contribution in [1.29, 1.82) is 0 Å². The molecule has 0 heterocycles. The molecular formula is C17H28ClNOSi. The van der Waals surface area contributed by atoms with Gasteiger partial charge in [-0.25, -0.2) is 0 Å². The number of halogens is 1. The van der Waals surface area contributed by atoms with E-state index in [4.69, 9.17) is 21.8 Å². The molecule has 21 heavy (non-hydrogen) atoms. The van der Waals surface area contributed by atoms with E-state index in [9.17, 15) is 0 Å². The molecule has 0 bridgehead atoms. The molecule has 1 fully saturated rings. The van der Waals surface area contributed by atoms with Crippen LogP contribution in [0.1, 0.15) is 45.1 Å². The number of rotatable bonds is 5. The van der Waals surface area contributed by atoms with E-state index in [1.54, 1.807) is 0 Å². The van der Waals surface area contributed by atoms with E-state index in [-0.39, 0.29) is 16.5 Å². The Balaban J connectivity index is 2.14. The van der Waals surface area contributed by atoms with E-state index in [1.165, 1.54) is 5.56 Å². The van der Waals surface area contributed by atoms with Crippen molar-refractivity contribution >= 4 is 19.9 Å². The zero-order valence-corrected chi connectivity index (χ0v) is 15.6. The smallest absolute Gasteiger partial charge is 0.192 e. The lowest BCUT2D eigenvalue weighted by Crippen LogP contribution is -2.44. The highest BCUT2D eigenvalue weighted by molar-refractivity contribution is 6.74. The summed E-state index contributed by atoms with van der Waals surface area (Å²) in [5, 5.41) is 0.993. The van der Waals surface area contributed by atoms with Crippen molar-refractivity contribution in [3.8, 4) is 0 Å². The van der Waals surface area contributed by atoms with E-state index in [2.05, 4.69) is 46.0 Å². The van der Waals surface area contributed by atoms with Crippen molar-refractivity contribution in [2.45, 2.75) is 63.2 Å². The second kappa shape index (κ2) is 5.69. The summed E-state index contributed by atoms with van der Waals surface area (Å²) in [6, 6.07) is 8.08. The minimum Gasteiger partial charge on any atom is -0.416 e. The molecule has 2 rings (SSSR count). The highest BCUT2D eigenvalue weighted by atomic mass is 35.5. The SMILES string of the molecule is CC(C)(C)[Si](C)(C)OCC(c1ccc(Cl)cc1)C1(N)CC1. The maximum absolute atomic E-state index is 6.50. The van der Waals surface area contributed by atoms with Gasteiger partial charge in [0.2, 0.25) is 0 Å². The number of nitrogens with two attached hydrogens (primary N) is 1. The molecule has 1 aromatic carbocycles. The summed E-state index contributed by atoms with van der Waals surface area (Å²) in [4.78, 5) is 0. The van der Waals surface area contributed by atoms with Gasteiger partial charge in [-0.05, 0) is 48.7 Å². The molecule has 0 radical (unpaired) electrons. The molecule has 1 aromatic rings. The lowest BCUT2D eigenvalue weighted by atomic mass is 9.91. The third kappa shape index (κ3) is 3.89. The molecule has 1 aliphatic rings. The van der Waals surface area contributed by atoms with Gasteiger partial charge in [-0.3, -0.25) is 0 Å². The van der Waals surface area contributed by atoms with E-state index in [0.717, 1.165) is 17.9 Å². The van der Waals surface area contributed by atoms with Crippen molar-refractivity contribution in [2.75, 3.05) is 6.61 Å².